The SMILES string of the molecule is O=C(NCCCF)NCCc1ccc(CO)cc1. The Morgan fingerprint density at radius 3 is 2.33 bits per heavy atom. The number of alkyl halides is 1. The predicted octanol–water partition coefficient (Wildman–Crippen LogP) is 1.38. The Morgan fingerprint density at radius 1 is 1.11 bits per heavy atom. The number of rotatable bonds is 7. The Bertz CT molecular complexity index is 355. The Kier molecular flexibility index (Phi) is 6.79. The summed E-state index contributed by atoms with van der Waals surface area (Å²) in [7, 11) is 0. The second kappa shape index (κ2) is 8.47. The maximum Gasteiger partial charge on any atom is 0.314 e. The molecule has 0 atom stereocenters. The molecule has 0 aliphatic rings. The maximum atomic E-state index is 11.8. The van der Waals surface area contributed by atoms with Crippen molar-refractivity contribution in [3.63, 3.8) is 0 Å². The van der Waals surface area contributed by atoms with Crippen LogP contribution in [0.1, 0.15) is 17.5 Å². The van der Waals surface area contributed by atoms with Gasteiger partial charge in [0, 0.05) is 13.1 Å². The van der Waals surface area contributed by atoms with E-state index in [4.69, 9.17) is 5.11 Å². The van der Waals surface area contributed by atoms with Crippen LogP contribution in [-0.2, 0) is 13.0 Å². The van der Waals surface area contributed by atoms with Crippen LogP contribution in [0.3, 0.4) is 0 Å². The summed E-state index contributed by atoms with van der Waals surface area (Å²) < 4.78 is 11.8. The molecule has 18 heavy (non-hydrogen) atoms. The van der Waals surface area contributed by atoms with Crippen LogP contribution >= 0.6 is 0 Å². The van der Waals surface area contributed by atoms with E-state index in [0.29, 0.717) is 19.5 Å². The molecule has 0 bridgehead atoms. The average Bonchev–Trinajstić information content (AvgIpc) is 2.40. The fourth-order valence-corrected chi connectivity index (χ4v) is 1.46. The van der Waals surface area contributed by atoms with Crippen LogP contribution in [0.2, 0.25) is 0 Å². The smallest absolute Gasteiger partial charge is 0.314 e. The minimum atomic E-state index is -0.419. The monoisotopic (exact) mass is 254 g/mol. The largest absolute Gasteiger partial charge is 0.392 e. The van der Waals surface area contributed by atoms with Crippen LogP contribution in [-0.4, -0.2) is 30.9 Å². The first-order valence-electron chi connectivity index (χ1n) is 6.02. The van der Waals surface area contributed by atoms with E-state index in [9.17, 15) is 9.18 Å². The number of amides is 2. The van der Waals surface area contributed by atoms with Crippen molar-refractivity contribution in [1.82, 2.24) is 10.6 Å². The number of benzene rings is 1. The molecule has 0 saturated heterocycles. The number of aliphatic hydroxyl groups is 1. The van der Waals surface area contributed by atoms with E-state index in [-0.39, 0.29) is 12.6 Å². The van der Waals surface area contributed by atoms with Gasteiger partial charge in [-0.1, -0.05) is 24.3 Å². The summed E-state index contributed by atoms with van der Waals surface area (Å²) in [5.74, 6) is 0. The zero-order valence-electron chi connectivity index (χ0n) is 10.3. The Hall–Kier alpha value is -1.62. The molecule has 0 aromatic heterocycles. The lowest BCUT2D eigenvalue weighted by Crippen LogP contribution is -2.37. The van der Waals surface area contributed by atoms with Gasteiger partial charge >= 0.3 is 6.03 Å². The van der Waals surface area contributed by atoms with Gasteiger partial charge in [0.25, 0.3) is 0 Å². The fourth-order valence-electron chi connectivity index (χ4n) is 1.46. The number of hydrogen-bond acceptors (Lipinski definition) is 2. The maximum absolute atomic E-state index is 11.8. The van der Waals surface area contributed by atoms with E-state index in [1.165, 1.54) is 0 Å². The molecule has 0 spiro atoms. The summed E-state index contributed by atoms with van der Waals surface area (Å²) in [6, 6.07) is 7.30. The van der Waals surface area contributed by atoms with Crippen molar-refractivity contribution in [3.05, 3.63) is 35.4 Å². The van der Waals surface area contributed by atoms with Gasteiger partial charge in [0.05, 0.1) is 13.3 Å². The van der Waals surface area contributed by atoms with Gasteiger partial charge in [0.15, 0.2) is 0 Å². The first kappa shape index (κ1) is 14.4. The number of carbonyl (C=O) groups excluding carboxylic acids is 1. The molecule has 0 saturated carbocycles. The molecule has 0 aliphatic heterocycles. The standard InChI is InChI=1S/C13H19FN2O2/c14-7-1-8-15-13(18)16-9-6-11-2-4-12(10-17)5-3-11/h2-5,17H,1,6-10H2,(H2,15,16,18). The van der Waals surface area contributed by atoms with Crippen LogP contribution in [0, 0.1) is 0 Å². The van der Waals surface area contributed by atoms with Crippen molar-refractivity contribution >= 4 is 6.03 Å². The third kappa shape index (κ3) is 5.63. The summed E-state index contributed by atoms with van der Waals surface area (Å²) in [6.45, 7) is 0.500. The van der Waals surface area contributed by atoms with Gasteiger partial charge in [0.2, 0.25) is 0 Å². The van der Waals surface area contributed by atoms with E-state index < -0.39 is 6.67 Å². The minimum Gasteiger partial charge on any atom is -0.392 e. The van der Waals surface area contributed by atoms with E-state index in [0.717, 1.165) is 17.5 Å². The van der Waals surface area contributed by atoms with Gasteiger partial charge in [-0.05, 0) is 24.0 Å². The van der Waals surface area contributed by atoms with Crippen LogP contribution in [0.15, 0.2) is 24.3 Å². The van der Waals surface area contributed by atoms with Crippen LogP contribution in [0.4, 0.5) is 9.18 Å². The summed E-state index contributed by atoms with van der Waals surface area (Å²) >= 11 is 0. The van der Waals surface area contributed by atoms with Crippen molar-refractivity contribution < 1.29 is 14.3 Å². The molecular weight excluding hydrogens is 235 g/mol. The molecule has 0 radical (unpaired) electrons. The number of urea groups is 1. The second-order valence-electron chi connectivity index (χ2n) is 3.95. The number of hydrogen-bond donors (Lipinski definition) is 3. The van der Waals surface area contributed by atoms with E-state index in [1.807, 2.05) is 24.3 Å². The highest BCUT2D eigenvalue weighted by molar-refractivity contribution is 5.73. The van der Waals surface area contributed by atoms with Gasteiger partial charge in [-0.15, -0.1) is 0 Å². The lowest BCUT2D eigenvalue weighted by Gasteiger charge is -2.07. The van der Waals surface area contributed by atoms with E-state index in [2.05, 4.69) is 10.6 Å². The van der Waals surface area contributed by atoms with Crippen LogP contribution in [0.5, 0.6) is 0 Å². The quantitative estimate of drug-likeness (QED) is 0.644. The van der Waals surface area contributed by atoms with E-state index >= 15 is 0 Å². The lowest BCUT2D eigenvalue weighted by molar-refractivity contribution is 0.240. The van der Waals surface area contributed by atoms with Gasteiger partial charge in [0.1, 0.15) is 0 Å². The normalized spacial score (nSPS) is 10.1. The molecule has 0 aliphatic carbocycles. The Morgan fingerprint density at radius 2 is 1.72 bits per heavy atom. The molecule has 1 rings (SSSR count). The molecule has 3 N–H and O–H groups in total. The zero-order chi connectivity index (χ0) is 13.2. The third-order valence-corrected chi connectivity index (χ3v) is 2.50. The number of nitrogens with one attached hydrogen (secondary N) is 2. The molecule has 0 heterocycles. The summed E-state index contributed by atoms with van der Waals surface area (Å²) in [4.78, 5) is 11.2. The fraction of sp³-hybridized carbons (Fsp3) is 0.462. The summed E-state index contributed by atoms with van der Waals surface area (Å²) in [6.07, 6.45) is 1.07. The molecule has 1 aromatic rings. The topological polar surface area (TPSA) is 61.4 Å². The van der Waals surface area contributed by atoms with Crippen molar-refractivity contribution in [2.24, 2.45) is 0 Å². The number of carbonyl (C=O) groups is 1. The molecule has 0 fully saturated rings. The summed E-state index contributed by atoms with van der Waals surface area (Å²) in [5.41, 5.74) is 1.96. The Labute approximate surface area is 106 Å². The molecule has 5 heteroatoms. The highest BCUT2D eigenvalue weighted by atomic mass is 19.1. The highest BCUT2D eigenvalue weighted by Crippen LogP contribution is 2.04. The van der Waals surface area contributed by atoms with Crippen molar-refractivity contribution in [3.8, 4) is 0 Å². The molecule has 100 valence electrons. The summed E-state index contributed by atoms with van der Waals surface area (Å²) in [5, 5.41) is 14.1. The van der Waals surface area contributed by atoms with Gasteiger partial charge in [-0.3, -0.25) is 4.39 Å². The number of halogens is 1. The minimum absolute atomic E-state index is 0.0372. The first-order chi connectivity index (χ1) is 8.76. The van der Waals surface area contributed by atoms with Crippen LogP contribution < -0.4 is 10.6 Å². The first-order valence-corrected chi connectivity index (χ1v) is 6.02. The molecule has 0 unspecified atom stereocenters. The van der Waals surface area contributed by atoms with E-state index in [1.54, 1.807) is 0 Å². The zero-order valence-corrected chi connectivity index (χ0v) is 10.3. The van der Waals surface area contributed by atoms with Gasteiger partial charge in [-0.25, -0.2) is 4.79 Å². The molecule has 1 aromatic carbocycles. The molecule has 2 amide bonds. The molecular formula is C13H19FN2O2. The average molecular weight is 254 g/mol. The van der Waals surface area contributed by atoms with Crippen LogP contribution in [0.25, 0.3) is 0 Å². The highest BCUT2D eigenvalue weighted by Gasteiger charge is 1.99. The predicted molar refractivity (Wildman–Crippen MR) is 68.1 cm³/mol. The van der Waals surface area contributed by atoms with Crippen molar-refractivity contribution in [2.75, 3.05) is 19.8 Å². The Balaban J connectivity index is 2.18. The molecule has 4 nitrogen and oxygen atoms in total. The number of aliphatic hydroxyl groups excluding tert-OH is 1. The third-order valence-electron chi connectivity index (χ3n) is 2.50. The van der Waals surface area contributed by atoms with Gasteiger partial charge < -0.3 is 15.7 Å². The van der Waals surface area contributed by atoms with Crippen molar-refractivity contribution in [1.29, 1.82) is 0 Å². The van der Waals surface area contributed by atoms with Gasteiger partial charge in [-0.2, -0.15) is 0 Å². The van der Waals surface area contributed by atoms with Crippen molar-refractivity contribution in [2.45, 2.75) is 19.4 Å². The lowest BCUT2D eigenvalue weighted by atomic mass is 10.1. The second-order valence-corrected chi connectivity index (χ2v) is 3.95.